The van der Waals surface area contributed by atoms with E-state index in [1.807, 2.05) is 0 Å². The van der Waals surface area contributed by atoms with Crippen molar-refractivity contribution in [1.82, 2.24) is 4.72 Å². The third-order valence-electron chi connectivity index (χ3n) is 2.81. The Hall–Kier alpha value is -1.19. The molecule has 0 radical (unpaired) electrons. The number of aryl methyl sites for hydroxylation is 1. The van der Waals surface area contributed by atoms with E-state index >= 15 is 0 Å². The summed E-state index contributed by atoms with van der Waals surface area (Å²) in [6, 6.07) is 4.12. The molecule has 0 saturated heterocycles. The van der Waals surface area contributed by atoms with E-state index in [-0.39, 0.29) is 4.90 Å². The summed E-state index contributed by atoms with van der Waals surface area (Å²) in [6.45, 7) is -0.528. The van der Waals surface area contributed by atoms with Crippen molar-refractivity contribution in [3.8, 4) is 0 Å². The van der Waals surface area contributed by atoms with E-state index in [1.165, 1.54) is 18.2 Å². The molecule has 0 atom stereocenters. The highest BCUT2D eigenvalue weighted by atomic mass is 32.2. The molecule has 0 aliphatic rings. The van der Waals surface area contributed by atoms with Gasteiger partial charge in [0.15, 0.2) is 0 Å². The Labute approximate surface area is 111 Å². The lowest BCUT2D eigenvalue weighted by Gasteiger charge is -2.28. The number of aliphatic hydroxyl groups is 3. The van der Waals surface area contributed by atoms with Gasteiger partial charge in [-0.15, -0.1) is 0 Å². The molecule has 0 saturated carbocycles. The molecular formula is C11H18N2O5S. The smallest absolute Gasteiger partial charge is 0.241 e. The Kier molecular flexibility index (Phi) is 4.88. The van der Waals surface area contributed by atoms with Gasteiger partial charge in [0, 0.05) is 5.69 Å². The van der Waals surface area contributed by atoms with Gasteiger partial charge in [-0.05, 0) is 30.7 Å². The summed E-state index contributed by atoms with van der Waals surface area (Å²) in [7, 11) is -3.98. The molecule has 0 aromatic heterocycles. The summed E-state index contributed by atoms with van der Waals surface area (Å²) in [5.74, 6) is 0. The van der Waals surface area contributed by atoms with Crippen LogP contribution in [0.3, 0.4) is 0 Å². The Morgan fingerprint density at radius 2 is 1.74 bits per heavy atom. The zero-order valence-corrected chi connectivity index (χ0v) is 11.3. The lowest BCUT2D eigenvalue weighted by atomic mass is 10.1. The number of rotatable bonds is 6. The first-order valence-electron chi connectivity index (χ1n) is 5.53. The Morgan fingerprint density at radius 1 is 1.21 bits per heavy atom. The van der Waals surface area contributed by atoms with Crippen LogP contribution in [-0.4, -0.2) is 49.1 Å². The van der Waals surface area contributed by atoms with E-state index in [1.54, 1.807) is 6.92 Å². The summed E-state index contributed by atoms with van der Waals surface area (Å²) in [5.41, 5.74) is 4.95. The second-order valence-electron chi connectivity index (χ2n) is 4.38. The minimum Gasteiger partial charge on any atom is -0.399 e. The third kappa shape index (κ3) is 3.43. The van der Waals surface area contributed by atoms with Crippen molar-refractivity contribution in [2.45, 2.75) is 17.4 Å². The summed E-state index contributed by atoms with van der Waals surface area (Å²) in [4.78, 5) is -0.0566. The molecule has 8 heteroatoms. The van der Waals surface area contributed by atoms with Gasteiger partial charge in [0.2, 0.25) is 10.0 Å². The molecule has 1 rings (SSSR count). The largest absolute Gasteiger partial charge is 0.399 e. The lowest BCUT2D eigenvalue weighted by Crippen LogP contribution is -2.56. The van der Waals surface area contributed by atoms with Gasteiger partial charge in [-0.1, -0.05) is 0 Å². The number of benzene rings is 1. The predicted octanol–water partition coefficient (Wildman–Crippen LogP) is -1.43. The van der Waals surface area contributed by atoms with Gasteiger partial charge < -0.3 is 21.1 Å². The van der Waals surface area contributed by atoms with E-state index in [2.05, 4.69) is 4.72 Å². The van der Waals surface area contributed by atoms with Crippen molar-refractivity contribution < 1.29 is 23.7 Å². The van der Waals surface area contributed by atoms with Crippen LogP contribution in [0.5, 0.6) is 0 Å². The van der Waals surface area contributed by atoms with Crippen LogP contribution in [-0.2, 0) is 10.0 Å². The quantitative estimate of drug-likeness (QED) is 0.408. The highest BCUT2D eigenvalue weighted by Gasteiger charge is 2.33. The zero-order valence-electron chi connectivity index (χ0n) is 10.5. The number of nitrogens with two attached hydrogens (primary N) is 1. The molecular weight excluding hydrogens is 272 g/mol. The molecule has 0 aliphatic carbocycles. The number of hydrogen-bond donors (Lipinski definition) is 5. The van der Waals surface area contributed by atoms with Crippen molar-refractivity contribution in [3.63, 3.8) is 0 Å². The number of hydrogen-bond acceptors (Lipinski definition) is 6. The minimum absolute atomic E-state index is 0.0566. The van der Waals surface area contributed by atoms with Crippen molar-refractivity contribution in [1.29, 1.82) is 0 Å². The van der Waals surface area contributed by atoms with Crippen LogP contribution in [0.4, 0.5) is 5.69 Å². The molecule has 1 aromatic rings. The van der Waals surface area contributed by atoms with Crippen LogP contribution >= 0.6 is 0 Å². The van der Waals surface area contributed by atoms with E-state index in [0.717, 1.165) is 0 Å². The maximum absolute atomic E-state index is 12.1. The molecule has 0 unspecified atom stereocenters. The number of nitrogens with one attached hydrogen (secondary N) is 1. The SMILES string of the molecule is Cc1cc(S(=O)(=O)NC(CO)(CO)CO)ccc1N. The van der Waals surface area contributed by atoms with Crippen LogP contribution in [0.15, 0.2) is 23.1 Å². The van der Waals surface area contributed by atoms with Crippen LogP contribution in [0.25, 0.3) is 0 Å². The molecule has 0 heterocycles. The fraction of sp³-hybridized carbons (Fsp3) is 0.455. The molecule has 7 nitrogen and oxygen atoms in total. The molecule has 0 amide bonds. The average molecular weight is 290 g/mol. The molecule has 0 spiro atoms. The van der Waals surface area contributed by atoms with Crippen LogP contribution in [0.2, 0.25) is 0 Å². The second kappa shape index (κ2) is 5.85. The summed E-state index contributed by atoms with van der Waals surface area (Å²) >= 11 is 0. The summed E-state index contributed by atoms with van der Waals surface area (Å²) in [6.07, 6.45) is 0. The van der Waals surface area contributed by atoms with Gasteiger partial charge in [-0.2, -0.15) is 4.72 Å². The van der Waals surface area contributed by atoms with Gasteiger partial charge in [0.1, 0.15) is 5.54 Å². The molecule has 6 N–H and O–H groups in total. The molecule has 0 bridgehead atoms. The first kappa shape index (κ1) is 15.9. The predicted molar refractivity (Wildman–Crippen MR) is 69.9 cm³/mol. The number of nitrogen functional groups attached to an aromatic ring is 1. The first-order chi connectivity index (χ1) is 8.80. The maximum atomic E-state index is 12.1. The van der Waals surface area contributed by atoms with Gasteiger partial charge in [-0.25, -0.2) is 8.42 Å². The zero-order chi connectivity index (χ0) is 14.7. The Balaban J connectivity index is 3.14. The van der Waals surface area contributed by atoms with E-state index < -0.39 is 35.4 Å². The number of aliphatic hydroxyl groups excluding tert-OH is 3. The molecule has 19 heavy (non-hydrogen) atoms. The third-order valence-corrected chi connectivity index (χ3v) is 4.39. The van der Waals surface area contributed by atoms with Crippen molar-refractivity contribution in [2.24, 2.45) is 0 Å². The molecule has 0 aliphatic heterocycles. The van der Waals surface area contributed by atoms with Crippen molar-refractivity contribution >= 4 is 15.7 Å². The van der Waals surface area contributed by atoms with Crippen molar-refractivity contribution in [3.05, 3.63) is 23.8 Å². The topological polar surface area (TPSA) is 133 Å². The first-order valence-corrected chi connectivity index (χ1v) is 7.01. The molecule has 108 valence electrons. The fourth-order valence-electron chi connectivity index (χ4n) is 1.41. The highest BCUT2D eigenvalue weighted by Crippen LogP contribution is 2.18. The van der Waals surface area contributed by atoms with Gasteiger partial charge in [0.25, 0.3) is 0 Å². The van der Waals surface area contributed by atoms with Gasteiger partial charge >= 0.3 is 0 Å². The second-order valence-corrected chi connectivity index (χ2v) is 6.06. The van der Waals surface area contributed by atoms with E-state index in [4.69, 9.17) is 21.1 Å². The summed E-state index contributed by atoms with van der Waals surface area (Å²) < 4.78 is 26.3. The fourth-order valence-corrected chi connectivity index (χ4v) is 2.87. The van der Waals surface area contributed by atoms with E-state index in [9.17, 15) is 8.42 Å². The maximum Gasteiger partial charge on any atom is 0.241 e. The van der Waals surface area contributed by atoms with Crippen LogP contribution in [0.1, 0.15) is 5.56 Å². The van der Waals surface area contributed by atoms with E-state index in [0.29, 0.717) is 11.3 Å². The van der Waals surface area contributed by atoms with Crippen molar-refractivity contribution in [2.75, 3.05) is 25.6 Å². The van der Waals surface area contributed by atoms with Crippen LogP contribution in [0, 0.1) is 6.92 Å². The lowest BCUT2D eigenvalue weighted by molar-refractivity contribution is 0.0582. The van der Waals surface area contributed by atoms with Crippen LogP contribution < -0.4 is 10.5 Å². The number of anilines is 1. The molecule has 0 fully saturated rings. The standard InChI is InChI=1S/C11H18N2O5S/c1-8-4-9(2-3-10(8)12)19(17,18)13-11(5-14,6-15)7-16/h2-4,13-16H,5-7,12H2,1H3. The summed E-state index contributed by atoms with van der Waals surface area (Å²) in [5, 5.41) is 27.4. The average Bonchev–Trinajstić information content (AvgIpc) is 2.39. The molecule has 1 aromatic carbocycles. The van der Waals surface area contributed by atoms with Gasteiger partial charge in [-0.3, -0.25) is 0 Å². The van der Waals surface area contributed by atoms with Gasteiger partial charge in [0.05, 0.1) is 24.7 Å². The number of sulfonamides is 1. The minimum atomic E-state index is -3.98. The monoisotopic (exact) mass is 290 g/mol. The Bertz CT molecular complexity index is 532. The highest BCUT2D eigenvalue weighted by molar-refractivity contribution is 7.89. The normalized spacial score (nSPS) is 12.6. The Morgan fingerprint density at radius 3 is 2.16 bits per heavy atom.